The zero-order chi connectivity index (χ0) is 23.7. The molecule has 1 unspecified atom stereocenters. The fraction of sp³-hybridized carbons (Fsp3) is 0.136. The molecule has 1 fully saturated rings. The summed E-state index contributed by atoms with van der Waals surface area (Å²) in [4.78, 5) is 52.2. The van der Waals surface area contributed by atoms with E-state index in [1.807, 2.05) is 0 Å². The highest BCUT2D eigenvalue weighted by Crippen LogP contribution is 2.30. The van der Waals surface area contributed by atoms with E-state index in [1.165, 1.54) is 23.3 Å². The van der Waals surface area contributed by atoms with Crippen LogP contribution in [0.3, 0.4) is 0 Å². The molecular formula is C22H15BrClN3O6. The Morgan fingerprint density at radius 2 is 1.94 bits per heavy atom. The lowest BCUT2D eigenvalue weighted by atomic mass is 10.1. The van der Waals surface area contributed by atoms with E-state index in [2.05, 4.69) is 15.9 Å². The van der Waals surface area contributed by atoms with Crippen molar-refractivity contribution < 1.29 is 23.7 Å². The number of furan rings is 1. The molecule has 0 bridgehead atoms. The maximum Gasteiger partial charge on any atom is 0.288 e. The van der Waals surface area contributed by atoms with Crippen LogP contribution in [-0.4, -0.2) is 33.6 Å². The second kappa shape index (κ2) is 9.16. The van der Waals surface area contributed by atoms with E-state index in [9.17, 15) is 24.5 Å². The van der Waals surface area contributed by atoms with E-state index >= 15 is 0 Å². The van der Waals surface area contributed by atoms with Gasteiger partial charge in [0.15, 0.2) is 0 Å². The highest BCUT2D eigenvalue weighted by molar-refractivity contribution is 9.10. The van der Waals surface area contributed by atoms with E-state index < -0.39 is 34.4 Å². The van der Waals surface area contributed by atoms with Crippen LogP contribution in [0.4, 0.5) is 11.4 Å². The van der Waals surface area contributed by atoms with Crippen LogP contribution in [0.15, 0.2) is 69.8 Å². The van der Waals surface area contributed by atoms with Crippen molar-refractivity contribution >= 4 is 56.6 Å². The minimum atomic E-state index is -1.12. The van der Waals surface area contributed by atoms with E-state index in [0.29, 0.717) is 11.4 Å². The lowest BCUT2D eigenvalue weighted by Crippen LogP contribution is -2.45. The second-order valence-corrected chi connectivity index (χ2v) is 8.52. The smallest absolute Gasteiger partial charge is 0.288 e. The molecule has 1 aliphatic heterocycles. The number of benzene rings is 2. The molecule has 2 heterocycles. The summed E-state index contributed by atoms with van der Waals surface area (Å²) in [6.45, 7) is -0.111. The maximum atomic E-state index is 13.4. The summed E-state index contributed by atoms with van der Waals surface area (Å²) in [6.07, 6.45) is 1.18. The summed E-state index contributed by atoms with van der Waals surface area (Å²) in [5, 5.41) is 11.1. The predicted molar refractivity (Wildman–Crippen MR) is 122 cm³/mol. The first-order valence-corrected chi connectivity index (χ1v) is 10.8. The molecule has 0 radical (unpaired) electrons. The van der Waals surface area contributed by atoms with Crippen LogP contribution < -0.4 is 4.90 Å². The van der Waals surface area contributed by atoms with E-state index in [0.717, 1.165) is 15.4 Å². The van der Waals surface area contributed by atoms with Crippen molar-refractivity contribution in [1.82, 2.24) is 4.90 Å². The third-order valence-electron chi connectivity index (χ3n) is 5.14. The SMILES string of the molecule is O=C1CC(N(Cc2ccco2)C(=O)c2ccc(Cl)c([N+](=O)[O-])c2)C(=O)N1c1ccc(Br)cc1. The molecule has 4 rings (SSSR count). The Morgan fingerprint density at radius 3 is 2.58 bits per heavy atom. The molecule has 1 aliphatic rings. The molecule has 3 aromatic rings. The number of rotatable bonds is 6. The quantitative estimate of drug-likeness (QED) is 0.261. The highest BCUT2D eigenvalue weighted by atomic mass is 79.9. The van der Waals surface area contributed by atoms with Crippen molar-refractivity contribution in [3.8, 4) is 0 Å². The highest BCUT2D eigenvalue weighted by Gasteiger charge is 2.45. The summed E-state index contributed by atoms with van der Waals surface area (Å²) < 4.78 is 6.12. The number of nitro groups is 1. The van der Waals surface area contributed by atoms with Crippen LogP contribution in [0.25, 0.3) is 0 Å². The normalized spacial score (nSPS) is 15.7. The van der Waals surface area contributed by atoms with Crippen LogP contribution in [0, 0.1) is 10.1 Å². The van der Waals surface area contributed by atoms with Crippen LogP contribution >= 0.6 is 27.5 Å². The van der Waals surface area contributed by atoms with Crippen LogP contribution in [0.5, 0.6) is 0 Å². The van der Waals surface area contributed by atoms with Gasteiger partial charge in [0, 0.05) is 16.1 Å². The number of carbonyl (C=O) groups excluding carboxylic acids is 3. The summed E-state index contributed by atoms with van der Waals surface area (Å²) in [5.41, 5.74) is -0.103. The first-order chi connectivity index (χ1) is 15.8. The van der Waals surface area contributed by atoms with Gasteiger partial charge >= 0.3 is 0 Å². The number of hydrogen-bond donors (Lipinski definition) is 0. The Hall–Kier alpha value is -3.50. The van der Waals surface area contributed by atoms with Gasteiger partial charge in [-0.05, 0) is 48.5 Å². The first-order valence-electron chi connectivity index (χ1n) is 9.66. The number of carbonyl (C=O) groups is 3. The third-order valence-corrected chi connectivity index (χ3v) is 5.99. The monoisotopic (exact) mass is 531 g/mol. The van der Waals surface area contributed by atoms with Crippen molar-refractivity contribution in [3.05, 3.63) is 91.8 Å². The Balaban J connectivity index is 1.70. The van der Waals surface area contributed by atoms with E-state index in [-0.39, 0.29) is 23.6 Å². The van der Waals surface area contributed by atoms with Crippen LogP contribution in [0.2, 0.25) is 5.02 Å². The number of halogens is 2. The number of hydrogen-bond acceptors (Lipinski definition) is 6. The van der Waals surface area contributed by atoms with Crippen LogP contribution in [-0.2, 0) is 16.1 Å². The molecule has 168 valence electrons. The number of nitro benzene ring substituents is 1. The Bertz CT molecular complexity index is 1250. The van der Waals surface area contributed by atoms with Gasteiger partial charge in [0.2, 0.25) is 5.91 Å². The topological polar surface area (TPSA) is 114 Å². The average molecular weight is 533 g/mol. The minimum Gasteiger partial charge on any atom is -0.467 e. The fourth-order valence-electron chi connectivity index (χ4n) is 3.57. The number of amides is 3. The average Bonchev–Trinajstić information content (AvgIpc) is 3.40. The Kier molecular flexibility index (Phi) is 6.30. The van der Waals surface area contributed by atoms with Crippen molar-refractivity contribution in [2.24, 2.45) is 0 Å². The van der Waals surface area contributed by atoms with Crippen LogP contribution in [0.1, 0.15) is 22.5 Å². The molecule has 2 aromatic carbocycles. The zero-order valence-corrected chi connectivity index (χ0v) is 19.2. The largest absolute Gasteiger partial charge is 0.467 e. The van der Waals surface area contributed by atoms with E-state index in [4.69, 9.17) is 16.0 Å². The molecule has 11 heteroatoms. The van der Waals surface area contributed by atoms with Gasteiger partial charge in [-0.3, -0.25) is 24.5 Å². The molecular weight excluding hydrogens is 518 g/mol. The van der Waals surface area contributed by atoms with Gasteiger partial charge in [0.05, 0.1) is 29.8 Å². The Labute approximate surface area is 200 Å². The van der Waals surface area contributed by atoms with Crippen molar-refractivity contribution in [1.29, 1.82) is 0 Å². The summed E-state index contributed by atoms with van der Waals surface area (Å²) in [6, 6.07) is 12.4. The minimum absolute atomic E-state index is 0.0417. The fourth-order valence-corrected chi connectivity index (χ4v) is 4.02. The summed E-state index contributed by atoms with van der Waals surface area (Å²) in [5.74, 6) is -1.33. The molecule has 33 heavy (non-hydrogen) atoms. The van der Waals surface area contributed by atoms with Gasteiger partial charge in [-0.2, -0.15) is 0 Å². The molecule has 0 saturated carbocycles. The van der Waals surface area contributed by atoms with Gasteiger partial charge < -0.3 is 9.32 Å². The summed E-state index contributed by atoms with van der Waals surface area (Å²) >= 11 is 9.18. The Morgan fingerprint density at radius 1 is 1.21 bits per heavy atom. The summed E-state index contributed by atoms with van der Waals surface area (Å²) in [7, 11) is 0. The van der Waals surface area contributed by atoms with Crippen molar-refractivity contribution in [2.45, 2.75) is 19.0 Å². The zero-order valence-electron chi connectivity index (χ0n) is 16.8. The van der Waals surface area contributed by atoms with Crippen molar-refractivity contribution in [2.75, 3.05) is 4.90 Å². The molecule has 0 aliphatic carbocycles. The molecule has 9 nitrogen and oxygen atoms in total. The molecule has 1 saturated heterocycles. The predicted octanol–water partition coefficient (Wildman–Crippen LogP) is 4.58. The number of imide groups is 1. The molecule has 0 N–H and O–H groups in total. The molecule has 3 amide bonds. The lowest BCUT2D eigenvalue weighted by Gasteiger charge is -2.27. The molecule has 1 atom stereocenters. The molecule has 1 aromatic heterocycles. The lowest BCUT2D eigenvalue weighted by molar-refractivity contribution is -0.384. The second-order valence-electron chi connectivity index (χ2n) is 7.20. The van der Waals surface area contributed by atoms with Gasteiger partial charge in [0.1, 0.15) is 16.8 Å². The number of anilines is 1. The number of nitrogens with zero attached hydrogens (tertiary/aromatic N) is 3. The van der Waals surface area contributed by atoms with E-state index in [1.54, 1.807) is 36.4 Å². The van der Waals surface area contributed by atoms with Crippen molar-refractivity contribution in [3.63, 3.8) is 0 Å². The van der Waals surface area contributed by atoms with Gasteiger partial charge in [-0.15, -0.1) is 0 Å². The van der Waals surface area contributed by atoms with Gasteiger partial charge in [0.25, 0.3) is 17.5 Å². The maximum absolute atomic E-state index is 13.4. The third kappa shape index (κ3) is 4.53. The molecule has 0 spiro atoms. The van der Waals surface area contributed by atoms with Gasteiger partial charge in [-0.25, -0.2) is 4.90 Å². The first kappa shape index (κ1) is 22.7. The van der Waals surface area contributed by atoms with Gasteiger partial charge in [-0.1, -0.05) is 27.5 Å². The standard InChI is InChI=1S/C22H15BrClN3O6/c23-14-4-6-15(7-5-14)26-20(28)11-19(22(26)30)25(12-16-2-1-9-33-16)21(29)13-3-8-17(24)18(10-13)27(31)32/h1-10,19H,11-12H2.